The first-order valence-electron chi connectivity index (χ1n) is 12.2. The number of rotatable bonds is 5. The molecule has 0 atom stereocenters. The molecule has 0 radical (unpaired) electrons. The van der Waals surface area contributed by atoms with Gasteiger partial charge in [-0.15, -0.1) is 0 Å². The Hall–Kier alpha value is -4.27. The molecule has 1 aliphatic rings. The Morgan fingerprint density at radius 2 is 1.47 bits per heavy atom. The molecule has 9 heteroatoms. The lowest BCUT2D eigenvalue weighted by atomic mass is 9.79. The number of hydrogen-bond acceptors (Lipinski definition) is 7. The Kier molecular flexibility index (Phi) is 5.40. The van der Waals surface area contributed by atoms with Gasteiger partial charge in [0.25, 0.3) is 0 Å². The first-order chi connectivity index (χ1) is 17.5. The van der Waals surface area contributed by atoms with Crippen LogP contribution in [-0.4, -0.2) is 60.5 Å². The maximum Gasteiger partial charge on any atom is 0.225 e. The van der Waals surface area contributed by atoms with Gasteiger partial charge in [-0.1, -0.05) is 44.2 Å². The predicted octanol–water partition coefficient (Wildman–Crippen LogP) is 3.57. The summed E-state index contributed by atoms with van der Waals surface area (Å²) in [4.78, 5) is 18.7. The highest BCUT2D eigenvalue weighted by Gasteiger charge is 2.26. The third-order valence-electron chi connectivity index (χ3n) is 7.14. The predicted molar refractivity (Wildman–Crippen MR) is 140 cm³/mol. The van der Waals surface area contributed by atoms with Crippen LogP contribution in [0, 0.1) is 0 Å². The topological polar surface area (TPSA) is 80.3 Å². The second-order valence-corrected chi connectivity index (χ2v) is 9.78. The van der Waals surface area contributed by atoms with Gasteiger partial charge in [-0.3, -0.25) is 4.68 Å². The van der Waals surface area contributed by atoms with Gasteiger partial charge in [-0.25, -0.2) is 19.5 Å². The summed E-state index contributed by atoms with van der Waals surface area (Å²) in [6.07, 6.45) is 11.5. The van der Waals surface area contributed by atoms with Crippen molar-refractivity contribution in [3.8, 4) is 11.1 Å². The van der Waals surface area contributed by atoms with E-state index in [9.17, 15) is 0 Å². The molecule has 0 N–H and O–H groups in total. The van der Waals surface area contributed by atoms with Gasteiger partial charge in [0.15, 0.2) is 5.82 Å². The molecule has 4 aromatic heterocycles. The van der Waals surface area contributed by atoms with E-state index < -0.39 is 0 Å². The Labute approximate surface area is 210 Å². The molecule has 0 bridgehead atoms. The number of nitrogens with zero attached hydrogens (tertiary/aromatic N) is 9. The minimum Gasteiger partial charge on any atom is -0.351 e. The Morgan fingerprint density at radius 3 is 2.17 bits per heavy atom. The summed E-state index contributed by atoms with van der Waals surface area (Å²) < 4.78 is 3.70. The largest absolute Gasteiger partial charge is 0.351 e. The van der Waals surface area contributed by atoms with Crippen LogP contribution in [0.5, 0.6) is 0 Å². The van der Waals surface area contributed by atoms with Gasteiger partial charge < -0.3 is 9.80 Å². The van der Waals surface area contributed by atoms with Gasteiger partial charge in [0, 0.05) is 74.6 Å². The molecule has 0 unspecified atom stereocenters. The van der Waals surface area contributed by atoms with Gasteiger partial charge in [0.2, 0.25) is 5.95 Å². The van der Waals surface area contributed by atoms with Crippen molar-refractivity contribution in [3.05, 3.63) is 84.8 Å². The molecule has 0 spiro atoms. The average Bonchev–Trinajstić information content (AvgIpc) is 3.55. The van der Waals surface area contributed by atoms with Crippen LogP contribution < -0.4 is 9.80 Å². The fraction of sp³-hybridized carbons (Fsp3) is 0.296. The number of anilines is 2. The van der Waals surface area contributed by atoms with Crippen molar-refractivity contribution in [3.63, 3.8) is 0 Å². The number of aryl methyl sites for hydroxylation is 1. The van der Waals surface area contributed by atoms with E-state index in [1.54, 1.807) is 11.0 Å². The number of piperazine rings is 1. The van der Waals surface area contributed by atoms with E-state index in [1.807, 2.05) is 48.6 Å². The van der Waals surface area contributed by atoms with Crippen LogP contribution in [0.1, 0.15) is 25.0 Å². The van der Waals surface area contributed by atoms with E-state index in [4.69, 9.17) is 9.97 Å². The van der Waals surface area contributed by atoms with E-state index >= 15 is 0 Å². The summed E-state index contributed by atoms with van der Waals surface area (Å²) in [5.41, 5.74) is 5.35. The van der Waals surface area contributed by atoms with Crippen molar-refractivity contribution in [2.75, 3.05) is 36.0 Å². The van der Waals surface area contributed by atoms with Crippen LogP contribution in [0.15, 0.2) is 73.7 Å². The molecule has 1 fully saturated rings. The Morgan fingerprint density at radius 1 is 0.750 bits per heavy atom. The van der Waals surface area contributed by atoms with Crippen molar-refractivity contribution in [2.24, 2.45) is 7.05 Å². The quantitative estimate of drug-likeness (QED) is 0.381. The van der Waals surface area contributed by atoms with Gasteiger partial charge in [-0.05, 0) is 17.2 Å². The van der Waals surface area contributed by atoms with Crippen molar-refractivity contribution >= 4 is 17.3 Å². The number of hydrogen-bond donors (Lipinski definition) is 0. The lowest BCUT2D eigenvalue weighted by molar-refractivity contribution is 0.618. The summed E-state index contributed by atoms with van der Waals surface area (Å²) in [5, 5.41) is 8.71. The second-order valence-electron chi connectivity index (χ2n) is 9.78. The average molecular weight is 480 g/mol. The molecule has 0 saturated carbocycles. The van der Waals surface area contributed by atoms with Crippen molar-refractivity contribution in [2.45, 2.75) is 19.3 Å². The van der Waals surface area contributed by atoms with Crippen molar-refractivity contribution in [1.29, 1.82) is 0 Å². The molecule has 1 aliphatic heterocycles. The van der Waals surface area contributed by atoms with Crippen LogP contribution >= 0.6 is 0 Å². The zero-order chi connectivity index (χ0) is 24.7. The molecule has 1 aromatic carbocycles. The Bertz CT molecular complexity index is 1480. The maximum absolute atomic E-state index is 4.74. The van der Waals surface area contributed by atoms with Crippen molar-refractivity contribution in [1.82, 2.24) is 34.3 Å². The van der Waals surface area contributed by atoms with Gasteiger partial charge in [-0.2, -0.15) is 10.2 Å². The van der Waals surface area contributed by atoms with E-state index in [0.717, 1.165) is 60.2 Å². The standard InChI is InChI=1S/C27H29N9/c1-27(2,22-7-5-4-6-8-22)23-15-28-26(29-16-23)35-11-9-34(10-12-35)25-24-13-20(18-36(24)32-19-30-25)21-14-31-33(3)17-21/h4-8,13-19H,9-12H2,1-3H3. The Balaban J connectivity index is 1.17. The SMILES string of the molecule is Cn1cc(-c2cc3c(N4CCN(c5ncc(C(C)(C)c6ccccc6)cn5)CC4)ncnn3c2)cn1. The highest BCUT2D eigenvalue weighted by Crippen LogP contribution is 2.31. The molecule has 6 rings (SSSR count). The van der Waals surface area contributed by atoms with E-state index in [1.165, 1.54) is 5.56 Å². The third-order valence-corrected chi connectivity index (χ3v) is 7.14. The monoisotopic (exact) mass is 479 g/mol. The molecular weight excluding hydrogens is 450 g/mol. The fourth-order valence-corrected chi connectivity index (χ4v) is 4.84. The van der Waals surface area contributed by atoms with Crippen molar-refractivity contribution < 1.29 is 0 Å². The smallest absolute Gasteiger partial charge is 0.225 e. The molecule has 0 amide bonds. The van der Waals surface area contributed by atoms with Gasteiger partial charge in [0.1, 0.15) is 11.8 Å². The van der Waals surface area contributed by atoms with Crippen LogP contribution in [0.2, 0.25) is 0 Å². The number of benzene rings is 1. The molecule has 0 aliphatic carbocycles. The normalized spacial score (nSPS) is 14.5. The van der Waals surface area contributed by atoms with Crippen LogP contribution in [-0.2, 0) is 12.5 Å². The van der Waals surface area contributed by atoms with Gasteiger partial charge >= 0.3 is 0 Å². The first-order valence-corrected chi connectivity index (χ1v) is 12.2. The minimum absolute atomic E-state index is 0.150. The molecule has 9 nitrogen and oxygen atoms in total. The number of aromatic nitrogens is 7. The van der Waals surface area contributed by atoms with E-state index in [2.05, 4.69) is 69.2 Å². The molecule has 5 aromatic rings. The van der Waals surface area contributed by atoms with Gasteiger partial charge in [0.05, 0.1) is 6.20 Å². The zero-order valence-electron chi connectivity index (χ0n) is 20.8. The lowest BCUT2D eigenvalue weighted by Gasteiger charge is -2.35. The summed E-state index contributed by atoms with van der Waals surface area (Å²) in [5.74, 6) is 1.72. The highest BCUT2D eigenvalue weighted by atomic mass is 15.4. The highest BCUT2D eigenvalue weighted by molar-refractivity contribution is 5.77. The summed E-state index contributed by atoms with van der Waals surface area (Å²) in [6, 6.07) is 12.6. The van der Waals surface area contributed by atoms with Crippen LogP contribution in [0.25, 0.3) is 16.6 Å². The number of fused-ring (bicyclic) bond motifs is 1. The lowest BCUT2D eigenvalue weighted by Crippen LogP contribution is -2.47. The van der Waals surface area contributed by atoms with E-state index in [0.29, 0.717) is 0 Å². The third kappa shape index (κ3) is 3.96. The van der Waals surface area contributed by atoms with E-state index in [-0.39, 0.29) is 5.41 Å². The molecule has 36 heavy (non-hydrogen) atoms. The summed E-state index contributed by atoms with van der Waals surface area (Å²) >= 11 is 0. The van der Waals surface area contributed by atoms with Crippen LogP contribution in [0.3, 0.4) is 0 Å². The minimum atomic E-state index is -0.150. The fourth-order valence-electron chi connectivity index (χ4n) is 4.84. The maximum atomic E-state index is 4.74. The zero-order valence-corrected chi connectivity index (χ0v) is 20.8. The summed E-state index contributed by atoms with van der Waals surface area (Å²) in [6.45, 7) is 7.75. The van der Waals surface area contributed by atoms with Crippen LogP contribution in [0.4, 0.5) is 11.8 Å². The second kappa shape index (κ2) is 8.75. The molecule has 182 valence electrons. The molecule has 1 saturated heterocycles. The summed E-state index contributed by atoms with van der Waals surface area (Å²) in [7, 11) is 1.92. The first kappa shape index (κ1) is 22.2. The molecule has 5 heterocycles. The molecular formula is C27H29N9.